The molecule has 26 heavy (non-hydrogen) atoms. The molecule has 0 bridgehead atoms. The van der Waals surface area contributed by atoms with Crippen LogP contribution in [-0.2, 0) is 10.0 Å². The van der Waals surface area contributed by atoms with Crippen LogP contribution in [0, 0.1) is 6.92 Å². The van der Waals surface area contributed by atoms with Crippen molar-refractivity contribution in [1.29, 1.82) is 0 Å². The first-order valence-corrected chi connectivity index (χ1v) is 9.33. The molecule has 0 atom stereocenters. The van der Waals surface area contributed by atoms with E-state index in [1.165, 1.54) is 30.5 Å². The van der Waals surface area contributed by atoms with Gasteiger partial charge in [-0.15, -0.1) is 0 Å². The van der Waals surface area contributed by atoms with Crippen molar-refractivity contribution in [1.82, 2.24) is 5.16 Å². The Hall–Kier alpha value is -2.84. The number of hydrogen-bond donors (Lipinski definition) is 2. The first-order chi connectivity index (χ1) is 12.4. The van der Waals surface area contributed by atoms with E-state index < -0.39 is 15.9 Å². The fraction of sp³-hybridized carbons (Fsp3) is 0.0588. The van der Waals surface area contributed by atoms with E-state index >= 15 is 0 Å². The number of sulfonamides is 1. The number of aromatic nitrogens is 1. The molecule has 134 valence electrons. The molecule has 2 aromatic carbocycles. The summed E-state index contributed by atoms with van der Waals surface area (Å²) in [5.41, 5.74) is 0.799. The van der Waals surface area contributed by atoms with Gasteiger partial charge in [0.1, 0.15) is 11.3 Å². The van der Waals surface area contributed by atoms with Gasteiger partial charge in [0, 0.05) is 5.69 Å². The highest BCUT2D eigenvalue weighted by Gasteiger charge is 2.17. The molecule has 0 radical (unpaired) electrons. The van der Waals surface area contributed by atoms with E-state index in [2.05, 4.69) is 15.2 Å². The third-order valence-corrected chi connectivity index (χ3v) is 5.23. The second-order valence-electron chi connectivity index (χ2n) is 5.36. The van der Waals surface area contributed by atoms with Crippen LogP contribution in [-0.4, -0.2) is 19.5 Å². The fourth-order valence-corrected chi connectivity index (χ4v) is 3.51. The van der Waals surface area contributed by atoms with E-state index in [1.807, 2.05) is 0 Å². The number of amides is 1. The summed E-state index contributed by atoms with van der Waals surface area (Å²) in [6.45, 7) is 1.61. The van der Waals surface area contributed by atoms with Crippen molar-refractivity contribution < 1.29 is 17.7 Å². The third-order valence-electron chi connectivity index (χ3n) is 3.52. The lowest BCUT2D eigenvalue weighted by atomic mass is 10.2. The van der Waals surface area contributed by atoms with Crippen molar-refractivity contribution in [3.8, 4) is 0 Å². The number of halogens is 1. The minimum atomic E-state index is -3.80. The second kappa shape index (κ2) is 7.19. The Bertz CT molecular complexity index is 1050. The molecule has 3 aromatic rings. The number of nitrogens with one attached hydrogen (secondary N) is 2. The zero-order chi connectivity index (χ0) is 18.7. The molecular weight excluding hydrogens is 378 g/mol. The summed E-state index contributed by atoms with van der Waals surface area (Å²) in [5, 5.41) is 6.39. The lowest BCUT2D eigenvalue weighted by molar-refractivity contribution is 0.102. The molecule has 9 heteroatoms. The van der Waals surface area contributed by atoms with Crippen molar-refractivity contribution in [3.63, 3.8) is 0 Å². The Morgan fingerprint density at radius 1 is 1.15 bits per heavy atom. The predicted molar refractivity (Wildman–Crippen MR) is 97.9 cm³/mol. The zero-order valence-electron chi connectivity index (χ0n) is 13.6. The summed E-state index contributed by atoms with van der Waals surface area (Å²) < 4.78 is 32.2. The number of carbonyl (C=O) groups is 1. The summed E-state index contributed by atoms with van der Waals surface area (Å²) in [6.07, 6.45) is 1.31. The molecule has 1 aromatic heterocycles. The van der Waals surface area contributed by atoms with Crippen molar-refractivity contribution in [2.75, 3.05) is 10.0 Å². The molecule has 7 nitrogen and oxygen atoms in total. The highest BCUT2D eigenvalue weighted by molar-refractivity contribution is 7.92. The maximum atomic E-state index is 12.4. The highest BCUT2D eigenvalue weighted by atomic mass is 35.5. The number of anilines is 2. The molecule has 0 aliphatic carbocycles. The van der Waals surface area contributed by atoms with Crippen molar-refractivity contribution in [2.45, 2.75) is 11.8 Å². The van der Waals surface area contributed by atoms with Gasteiger partial charge in [-0.3, -0.25) is 9.52 Å². The molecule has 0 fully saturated rings. The van der Waals surface area contributed by atoms with Crippen LogP contribution >= 0.6 is 11.6 Å². The first-order valence-electron chi connectivity index (χ1n) is 7.47. The van der Waals surface area contributed by atoms with Crippen LogP contribution in [0.25, 0.3) is 0 Å². The largest absolute Gasteiger partial charge is 0.361 e. The van der Waals surface area contributed by atoms with Crippen LogP contribution in [0.1, 0.15) is 16.1 Å². The maximum Gasteiger partial charge on any atom is 0.261 e. The summed E-state index contributed by atoms with van der Waals surface area (Å²) in [6, 6.07) is 12.4. The van der Waals surface area contributed by atoms with E-state index in [4.69, 9.17) is 16.1 Å². The molecule has 1 amide bonds. The van der Waals surface area contributed by atoms with Crippen molar-refractivity contribution in [3.05, 3.63) is 71.1 Å². The molecule has 3 rings (SSSR count). The molecule has 0 spiro atoms. The number of nitrogens with zero attached hydrogens (tertiary/aromatic N) is 1. The number of hydrogen-bond acceptors (Lipinski definition) is 5. The second-order valence-corrected chi connectivity index (χ2v) is 7.45. The van der Waals surface area contributed by atoms with E-state index in [1.54, 1.807) is 31.2 Å². The minimum absolute atomic E-state index is 0.102. The smallest absolute Gasteiger partial charge is 0.261 e. The number of aryl methyl sites for hydroxylation is 1. The molecule has 1 heterocycles. The van der Waals surface area contributed by atoms with Gasteiger partial charge in [0.15, 0.2) is 0 Å². The quantitative estimate of drug-likeness (QED) is 0.690. The minimum Gasteiger partial charge on any atom is -0.361 e. The summed E-state index contributed by atoms with van der Waals surface area (Å²) in [4.78, 5) is 12.3. The lowest BCUT2D eigenvalue weighted by Gasteiger charge is -2.12. The topological polar surface area (TPSA) is 101 Å². The fourth-order valence-electron chi connectivity index (χ4n) is 2.20. The van der Waals surface area contributed by atoms with Gasteiger partial charge in [0.2, 0.25) is 0 Å². The Morgan fingerprint density at radius 2 is 1.88 bits per heavy atom. The molecule has 0 saturated heterocycles. The van der Waals surface area contributed by atoms with Gasteiger partial charge < -0.3 is 9.84 Å². The number of carbonyl (C=O) groups excluding carboxylic acids is 1. The van der Waals surface area contributed by atoms with Crippen LogP contribution < -0.4 is 10.0 Å². The van der Waals surface area contributed by atoms with Gasteiger partial charge in [0.25, 0.3) is 15.9 Å². The van der Waals surface area contributed by atoms with E-state index in [0.29, 0.717) is 11.4 Å². The average molecular weight is 392 g/mol. The standard InChI is InChI=1S/C17H14ClN3O4S/c1-11-14(10-19-25-11)17(22)20-12-7-8-15(18)16(9-12)21-26(23,24)13-5-3-2-4-6-13/h2-10,21H,1H3,(H,20,22). The van der Waals surface area contributed by atoms with E-state index in [-0.39, 0.29) is 21.2 Å². The number of rotatable bonds is 5. The molecule has 0 saturated carbocycles. The monoisotopic (exact) mass is 391 g/mol. The van der Waals surface area contributed by atoms with Crippen molar-refractivity contribution in [2.24, 2.45) is 0 Å². The van der Waals surface area contributed by atoms with Gasteiger partial charge in [-0.2, -0.15) is 0 Å². The Labute approximate surface area is 155 Å². The zero-order valence-corrected chi connectivity index (χ0v) is 15.1. The first kappa shape index (κ1) is 18.0. The summed E-state index contributed by atoms with van der Waals surface area (Å²) in [5.74, 6) is -0.0515. The Kier molecular flexibility index (Phi) is 4.97. The summed E-state index contributed by atoms with van der Waals surface area (Å²) >= 11 is 6.09. The maximum absolute atomic E-state index is 12.4. The van der Waals surface area contributed by atoms with Gasteiger partial charge >= 0.3 is 0 Å². The SMILES string of the molecule is Cc1oncc1C(=O)Nc1ccc(Cl)c(NS(=O)(=O)c2ccccc2)c1. The van der Waals surface area contributed by atoms with Gasteiger partial charge in [-0.1, -0.05) is 35.0 Å². The summed E-state index contributed by atoms with van der Waals surface area (Å²) in [7, 11) is -3.80. The lowest BCUT2D eigenvalue weighted by Crippen LogP contribution is -2.15. The third kappa shape index (κ3) is 3.87. The molecular formula is C17H14ClN3O4S. The Morgan fingerprint density at radius 3 is 2.54 bits per heavy atom. The van der Waals surface area contributed by atoms with Crippen LogP contribution in [0.3, 0.4) is 0 Å². The average Bonchev–Trinajstić information content (AvgIpc) is 3.04. The predicted octanol–water partition coefficient (Wildman–Crippen LogP) is 3.69. The van der Waals surface area contributed by atoms with Gasteiger partial charge in [-0.25, -0.2) is 8.42 Å². The van der Waals surface area contributed by atoms with Crippen LogP contribution in [0.2, 0.25) is 5.02 Å². The highest BCUT2D eigenvalue weighted by Crippen LogP contribution is 2.28. The number of benzene rings is 2. The molecule has 0 unspecified atom stereocenters. The molecule has 0 aliphatic rings. The normalized spacial score (nSPS) is 11.2. The Balaban J connectivity index is 1.84. The molecule has 2 N–H and O–H groups in total. The molecule has 0 aliphatic heterocycles. The van der Waals surface area contributed by atoms with E-state index in [9.17, 15) is 13.2 Å². The van der Waals surface area contributed by atoms with Crippen LogP contribution in [0.4, 0.5) is 11.4 Å². The van der Waals surface area contributed by atoms with Crippen molar-refractivity contribution >= 4 is 38.9 Å². The van der Waals surface area contributed by atoms with Crippen LogP contribution in [0.5, 0.6) is 0 Å². The van der Waals surface area contributed by atoms with Gasteiger partial charge in [-0.05, 0) is 37.3 Å². The van der Waals surface area contributed by atoms with Gasteiger partial charge in [0.05, 0.1) is 21.8 Å². The van der Waals surface area contributed by atoms with E-state index in [0.717, 1.165) is 0 Å². The van der Waals surface area contributed by atoms with Crippen LogP contribution in [0.15, 0.2) is 64.1 Å².